The molecule has 0 radical (unpaired) electrons. The number of hydrogen-bond donors (Lipinski definition) is 1. The fourth-order valence-corrected chi connectivity index (χ4v) is 2.57. The Hall–Kier alpha value is -1.95. The van der Waals surface area contributed by atoms with Crippen LogP contribution in [0.2, 0.25) is 0 Å². The van der Waals surface area contributed by atoms with E-state index in [4.69, 9.17) is 0 Å². The van der Waals surface area contributed by atoms with Crippen molar-refractivity contribution in [2.24, 2.45) is 0 Å². The summed E-state index contributed by atoms with van der Waals surface area (Å²) in [4.78, 5) is 0.0437. The summed E-state index contributed by atoms with van der Waals surface area (Å²) in [5, 5.41) is 2.84. The monoisotopic (exact) mass is 311 g/mol. The van der Waals surface area contributed by atoms with Crippen LogP contribution in [0.1, 0.15) is 11.1 Å². The van der Waals surface area contributed by atoms with Crippen molar-refractivity contribution in [3.63, 3.8) is 0 Å². The van der Waals surface area contributed by atoms with E-state index in [-0.39, 0.29) is 22.9 Å². The molecule has 0 fully saturated rings. The van der Waals surface area contributed by atoms with Crippen molar-refractivity contribution in [2.45, 2.75) is 18.4 Å². The molecule has 2 aromatic carbocycles. The molecule has 1 N–H and O–H groups in total. The molecule has 21 heavy (non-hydrogen) atoms. The molecule has 0 unspecified atom stereocenters. The van der Waals surface area contributed by atoms with Gasteiger partial charge in [0.2, 0.25) is 0 Å². The molecule has 2 aromatic rings. The summed E-state index contributed by atoms with van der Waals surface area (Å²) in [6.45, 7) is 2.03. The number of aryl methyl sites for hydroxylation is 1. The first-order valence-electron chi connectivity index (χ1n) is 6.26. The van der Waals surface area contributed by atoms with Crippen LogP contribution in [0.5, 0.6) is 0 Å². The van der Waals surface area contributed by atoms with Crippen LogP contribution >= 0.6 is 0 Å². The van der Waals surface area contributed by atoms with Gasteiger partial charge in [-0.05, 0) is 48.4 Å². The molecule has 0 atom stereocenters. The van der Waals surface area contributed by atoms with Crippen LogP contribution in [0.25, 0.3) is 0 Å². The van der Waals surface area contributed by atoms with Crippen molar-refractivity contribution >= 4 is 15.5 Å². The molecule has 0 aliphatic heterocycles. The summed E-state index contributed by atoms with van der Waals surface area (Å²) in [7, 11) is -3.40. The van der Waals surface area contributed by atoms with Crippen molar-refractivity contribution in [3.8, 4) is 0 Å². The molecule has 0 heterocycles. The normalized spacial score (nSPS) is 11.4. The molecular weight excluding hydrogens is 296 g/mol. The van der Waals surface area contributed by atoms with Gasteiger partial charge in [-0.1, -0.05) is 6.07 Å². The van der Waals surface area contributed by atoms with Crippen LogP contribution in [0.4, 0.5) is 14.5 Å². The van der Waals surface area contributed by atoms with Crippen LogP contribution < -0.4 is 5.32 Å². The van der Waals surface area contributed by atoms with Gasteiger partial charge in [-0.15, -0.1) is 0 Å². The van der Waals surface area contributed by atoms with Crippen LogP contribution in [-0.2, 0) is 16.4 Å². The molecule has 0 amide bonds. The lowest BCUT2D eigenvalue weighted by Gasteiger charge is -2.11. The third-order valence-corrected chi connectivity index (χ3v) is 4.25. The number of halogens is 2. The predicted molar refractivity (Wildman–Crippen MR) is 78.0 cm³/mol. The average molecular weight is 311 g/mol. The minimum atomic E-state index is -3.40. The summed E-state index contributed by atoms with van der Waals surface area (Å²) < 4.78 is 49.7. The van der Waals surface area contributed by atoms with Gasteiger partial charge >= 0.3 is 0 Å². The minimum absolute atomic E-state index is 0.0437. The second-order valence-electron chi connectivity index (χ2n) is 4.84. The Morgan fingerprint density at radius 2 is 1.81 bits per heavy atom. The van der Waals surface area contributed by atoms with Crippen molar-refractivity contribution in [1.82, 2.24) is 0 Å². The van der Waals surface area contributed by atoms with E-state index in [9.17, 15) is 17.2 Å². The maximum absolute atomic E-state index is 13.7. The lowest BCUT2D eigenvalue weighted by molar-refractivity contribution is 0.600. The molecule has 0 bridgehead atoms. The highest BCUT2D eigenvalue weighted by Gasteiger charge is 2.11. The molecule has 0 spiro atoms. The molecule has 6 heteroatoms. The third kappa shape index (κ3) is 3.78. The van der Waals surface area contributed by atoms with Gasteiger partial charge < -0.3 is 5.32 Å². The largest absolute Gasteiger partial charge is 0.379 e. The Kier molecular flexibility index (Phi) is 4.27. The van der Waals surface area contributed by atoms with Crippen molar-refractivity contribution in [3.05, 3.63) is 59.2 Å². The van der Waals surface area contributed by atoms with Crippen LogP contribution in [0.15, 0.2) is 41.3 Å². The average Bonchev–Trinajstić information content (AvgIpc) is 2.38. The summed E-state index contributed by atoms with van der Waals surface area (Å²) in [6.07, 6.45) is 1.06. The van der Waals surface area contributed by atoms with Gasteiger partial charge in [0.05, 0.1) is 10.6 Å². The predicted octanol–water partition coefficient (Wildman–Crippen LogP) is 3.29. The topological polar surface area (TPSA) is 46.2 Å². The molecule has 0 saturated carbocycles. The molecular formula is C15H15F2NO2S. The Labute approximate surface area is 122 Å². The van der Waals surface area contributed by atoms with Crippen molar-refractivity contribution < 1.29 is 17.2 Å². The number of nitrogens with one attached hydrogen (secondary N) is 1. The van der Waals surface area contributed by atoms with Gasteiger partial charge in [0.15, 0.2) is 9.84 Å². The second kappa shape index (κ2) is 5.81. The van der Waals surface area contributed by atoms with Crippen molar-refractivity contribution in [2.75, 3.05) is 11.6 Å². The molecule has 0 aliphatic carbocycles. The van der Waals surface area contributed by atoms with Crippen molar-refractivity contribution in [1.29, 1.82) is 0 Å². The van der Waals surface area contributed by atoms with Crippen LogP contribution in [0, 0.1) is 18.6 Å². The van der Waals surface area contributed by atoms with E-state index in [1.54, 1.807) is 13.0 Å². The Balaban J connectivity index is 2.23. The van der Waals surface area contributed by atoms with Gasteiger partial charge in [0.1, 0.15) is 11.6 Å². The summed E-state index contributed by atoms with van der Waals surface area (Å²) >= 11 is 0. The number of anilines is 1. The van der Waals surface area contributed by atoms with Crippen LogP contribution in [-0.4, -0.2) is 14.7 Å². The molecule has 0 aromatic heterocycles. The van der Waals surface area contributed by atoms with E-state index in [0.717, 1.165) is 23.4 Å². The van der Waals surface area contributed by atoms with E-state index in [0.29, 0.717) is 0 Å². The molecule has 0 aliphatic rings. The fourth-order valence-electron chi connectivity index (χ4n) is 1.92. The fraction of sp³-hybridized carbons (Fsp3) is 0.200. The highest BCUT2D eigenvalue weighted by molar-refractivity contribution is 7.90. The zero-order chi connectivity index (χ0) is 15.6. The van der Waals surface area contributed by atoms with E-state index in [2.05, 4.69) is 5.32 Å². The molecule has 3 nitrogen and oxygen atoms in total. The quantitative estimate of drug-likeness (QED) is 0.881. The Morgan fingerprint density at radius 3 is 2.43 bits per heavy atom. The lowest BCUT2D eigenvalue weighted by atomic mass is 10.1. The number of rotatable bonds is 4. The lowest BCUT2D eigenvalue weighted by Crippen LogP contribution is -2.05. The highest BCUT2D eigenvalue weighted by Crippen LogP contribution is 2.21. The first kappa shape index (κ1) is 15.4. The number of sulfone groups is 1. The van der Waals surface area contributed by atoms with Gasteiger partial charge in [-0.3, -0.25) is 0 Å². The number of benzene rings is 2. The van der Waals surface area contributed by atoms with E-state index < -0.39 is 15.7 Å². The second-order valence-corrected chi connectivity index (χ2v) is 6.85. The summed E-state index contributed by atoms with van der Waals surface area (Å²) in [6, 6.07) is 7.91. The maximum Gasteiger partial charge on any atom is 0.175 e. The van der Waals surface area contributed by atoms with Gasteiger partial charge in [-0.2, -0.15) is 0 Å². The maximum atomic E-state index is 13.7. The summed E-state index contributed by atoms with van der Waals surface area (Å²) in [5.74, 6) is -0.872. The van der Waals surface area contributed by atoms with E-state index in [1.165, 1.54) is 24.3 Å². The van der Waals surface area contributed by atoms with Gasteiger partial charge in [-0.25, -0.2) is 17.2 Å². The Morgan fingerprint density at radius 1 is 1.10 bits per heavy atom. The molecule has 0 saturated heterocycles. The first-order valence-corrected chi connectivity index (χ1v) is 8.15. The minimum Gasteiger partial charge on any atom is -0.379 e. The number of hydrogen-bond acceptors (Lipinski definition) is 3. The van der Waals surface area contributed by atoms with Crippen LogP contribution in [0.3, 0.4) is 0 Å². The SMILES string of the molecule is Cc1cc(F)ccc1CNc1cc(S(C)(=O)=O)ccc1F. The summed E-state index contributed by atoms with van der Waals surface area (Å²) in [5.41, 5.74) is 1.64. The van der Waals surface area contributed by atoms with Gasteiger partial charge in [0.25, 0.3) is 0 Å². The Bertz CT molecular complexity index is 773. The van der Waals surface area contributed by atoms with E-state index in [1.807, 2.05) is 0 Å². The van der Waals surface area contributed by atoms with Gasteiger partial charge in [0, 0.05) is 12.8 Å². The van der Waals surface area contributed by atoms with E-state index >= 15 is 0 Å². The smallest absolute Gasteiger partial charge is 0.175 e. The highest BCUT2D eigenvalue weighted by atomic mass is 32.2. The zero-order valence-corrected chi connectivity index (χ0v) is 12.5. The molecule has 112 valence electrons. The zero-order valence-electron chi connectivity index (χ0n) is 11.7. The standard InChI is InChI=1S/C15H15F2NO2S/c1-10-7-12(16)4-3-11(10)9-18-15-8-13(21(2,19)20)5-6-14(15)17/h3-8,18H,9H2,1-2H3. The third-order valence-electron chi connectivity index (χ3n) is 3.14. The molecule has 2 rings (SSSR count). The first-order chi connectivity index (χ1) is 9.77.